The van der Waals surface area contributed by atoms with E-state index in [-0.39, 0.29) is 6.15 Å². The topological polar surface area (TPSA) is 162 Å². The Bertz CT molecular complexity index is 319. The van der Waals surface area contributed by atoms with Gasteiger partial charge in [-0.2, -0.15) is 8.42 Å². The van der Waals surface area contributed by atoms with Gasteiger partial charge < -0.3 is 17.6 Å². The Morgan fingerprint density at radius 2 is 1.07 bits per heavy atom. The molecular weight excluding hydrogens is 210 g/mol. The van der Waals surface area contributed by atoms with E-state index in [4.69, 9.17) is 29.0 Å². The van der Waals surface area contributed by atoms with Crippen LogP contribution in [0, 0.1) is 0 Å². The molecule has 0 aliphatic rings. The molecule has 0 heterocycles. The smallest absolute Gasteiger partial charge is 0.394 e. The monoisotopic (exact) mass is 223 g/mol. The van der Waals surface area contributed by atoms with Gasteiger partial charge in [-0.25, -0.2) is 0 Å². The van der Waals surface area contributed by atoms with Gasteiger partial charge in [0.2, 0.25) is 0 Å². The predicted molar refractivity (Wildman–Crippen MR) is 54.5 cm³/mol. The van der Waals surface area contributed by atoms with Crippen LogP contribution in [0.2, 0.25) is 0 Å². The van der Waals surface area contributed by atoms with Gasteiger partial charge in [0.05, 0.1) is 0 Å². The van der Waals surface area contributed by atoms with Crippen molar-refractivity contribution in [1.29, 1.82) is 0 Å². The fourth-order valence-corrected chi connectivity index (χ4v) is 0.496. The number of rotatable bonds is 0. The highest BCUT2D eigenvalue weighted by Crippen LogP contribution is 2.04. The maximum atomic E-state index is 8.74. The van der Waals surface area contributed by atoms with E-state index in [1.54, 1.807) is 24.3 Å². The van der Waals surface area contributed by atoms with Crippen molar-refractivity contribution in [1.82, 2.24) is 6.15 Å². The number of hydrogen-bond donors (Lipinski definition) is 5. The SMILES string of the molecule is N.Nc1ccc(N)cc1.O=S(=O)(O)O. The molecule has 0 saturated carbocycles. The molecule has 0 unspecified atom stereocenters. The van der Waals surface area contributed by atoms with Crippen molar-refractivity contribution < 1.29 is 17.5 Å². The molecule has 1 aromatic rings. The van der Waals surface area contributed by atoms with Gasteiger partial charge in [-0.05, 0) is 24.3 Å². The average molecular weight is 223 g/mol. The molecule has 14 heavy (non-hydrogen) atoms. The molecule has 1 rings (SSSR count). The van der Waals surface area contributed by atoms with Gasteiger partial charge in [-0.3, -0.25) is 9.11 Å². The van der Waals surface area contributed by atoms with Crippen molar-refractivity contribution in [2.24, 2.45) is 0 Å². The van der Waals surface area contributed by atoms with Gasteiger partial charge in [0, 0.05) is 11.4 Å². The zero-order valence-electron chi connectivity index (χ0n) is 7.29. The van der Waals surface area contributed by atoms with Crippen molar-refractivity contribution in [3.05, 3.63) is 24.3 Å². The Kier molecular flexibility index (Phi) is 6.66. The molecule has 0 atom stereocenters. The van der Waals surface area contributed by atoms with Crippen LogP contribution in [0.1, 0.15) is 0 Å². The van der Waals surface area contributed by atoms with Crippen LogP contribution in [0.25, 0.3) is 0 Å². The summed E-state index contributed by atoms with van der Waals surface area (Å²) in [6.07, 6.45) is 0. The fourth-order valence-electron chi connectivity index (χ4n) is 0.496. The predicted octanol–water partition coefficient (Wildman–Crippen LogP) is 0.360. The standard InChI is InChI=1S/C6H8N2.H3N.H2O4S/c7-5-1-2-6(8)4-3-5;;1-5(2,3)4/h1-4H,7-8H2;1H3;(H2,1,2,3,4). The quantitative estimate of drug-likeness (QED) is 0.313. The minimum absolute atomic E-state index is 0. The van der Waals surface area contributed by atoms with E-state index >= 15 is 0 Å². The largest absolute Gasteiger partial charge is 0.399 e. The Morgan fingerprint density at radius 1 is 0.929 bits per heavy atom. The molecule has 0 radical (unpaired) electrons. The summed E-state index contributed by atoms with van der Waals surface area (Å²) in [7, 11) is -4.67. The average Bonchev–Trinajstić information content (AvgIpc) is 1.92. The van der Waals surface area contributed by atoms with Crippen LogP contribution in [-0.4, -0.2) is 17.5 Å². The van der Waals surface area contributed by atoms with E-state index in [1.807, 2.05) is 0 Å². The lowest BCUT2D eigenvalue weighted by Crippen LogP contribution is -1.89. The van der Waals surface area contributed by atoms with Gasteiger partial charge in [0.1, 0.15) is 0 Å². The minimum Gasteiger partial charge on any atom is -0.399 e. The van der Waals surface area contributed by atoms with Crippen LogP contribution in [0.4, 0.5) is 11.4 Å². The summed E-state index contributed by atoms with van der Waals surface area (Å²) in [4.78, 5) is 0. The van der Waals surface area contributed by atoms with Crippen LogP contribution < -0.4 is 17.6 Å². The van der Waals surface area contributed by atoms with Gasteiger partial charge in [0.15, 0.2) is 0 Å². The molecule has 0 spiro atoms. The van der Waals surface area contributed by atoms with Gasteiger partial charge in [0.25, 0.3) is 0 Å². The summed E-state index contributed by atoms with van der Waals surface area (Å²) in [6, 6.07) is 7.09. The summed E-state index contributed by atoms with van der Waals surface area (Å²) in [5.74, 6) is 0. The third-order valence-corrected chi connectivity index (χ3v) is 0.936. The molecule has 9 N–H and O–H groups in total. The van der Waals surface area contributed by atoms with E-state index in [9.17, 15) is 0 Å². The number of nitrogen functional groups attached to an aromatic ring is 2. The van der Waals surface area contributed by atoms with Crippen LogP contribution in [0.15, 0.2) is 24.3 Å². The maximum absolute atomic E-state index is 8.74. The van der Waals surface area contributed by atoms with Crippen molar-refractivity contribution >= 4 is 21.8 Å². The molecule has 7 nitrogen and oxygen atoms in total. The zero-order chi connectivity index (χ0) is 10.5. The second-order valence-electron chi connectivity index (χ2n) is 2.11. The summed E-state index contributed by atoms with van der Waals surface area (Å²) < 4.78 is 31.6. The molecule has 82 valence electrons. The molecule has 0 fully saturated rings. The lowest BCUT2D eigenvalue weighted by Gasteiger charge is -1.90. The highest BCUT2D eigenvalue weighted by atomic mass is 32.3. The second kappa shape index (κ2) is 6.16. The van der Waals surface area contributed by atoms with Crippen LogP contribution in [-0.2, 0) is 10.4 Å². The first kappa shape index (κ1) is 15.1. The molecule has 8 heteroatoms. The lowest BCUT2D eigenvalue weighted by atomic mass is 10.3. The van der Waals surface area contributed by atoms with Gasteiger partial charge in [-0.1, -0.05) is 0 Å². The van der Waals surface area contributed by atoms with Gasteiger partial charge in [-0.15, -0.1) is 0 Å². The molecular formula is C6H13N3O4S. The second-order valence-corrected chi connectivity index (χ2v) is 3.01. The Hall–Kier alpha value is -1.35. The van der Waals surface area contributed by atoms with Crippen molar-refractivity contribution in [2.45, 2.75) is 0 Å². The normalized spacial score (nSPS) is 9.29. The third kappa shape index (κ3) is 13.3. The highest BCUT2D eigenvalue weighted by Gasteiger charge is 1.84. The first-order valence-electron chi connectivity index (χ1n) is 3.10. The summed E-state index contributed by atoms with van der Waals surface area (Å²) in [5.41, 5.74) is 12.2. The Morgan fingerprint density at radius 3 is 1.21 bits per heavy atom. The van der Waals surface area contributed by atoms with Crippen molar-refractivity contribution in [2.75, 3.05) is 11.5 Å². The summed E-state index contributed by atoms with van der Waals surface area (Å²) in [6.45, 7) is 0. The number of hydrogen-bond acceptors (Lipinski definition) is 5. The molecule has 0 saturated heterocycles. The molecule has 0 bridgehead atoms. The number of anilines is 2. The van der Waals surface area contributed by atoms with Crippen LogP contribution in [0.3, 0.4) is 0 Å². The first-order chi connectivity index (χ1) is 5.79. The van der Waals surface area contributed by atoms with Crippen molar-refractivity contribution in [3.8, 4) is 0 Å². The van der Waals surface area contributed by atoms with Gasteiger partial charge >= 0.3 is 10.4 Å². The molecule has 1 aromatic carbocycles. The molecule has 0 aromatic heterocycles. The number of nitrogens with two attached hydrogens (primary N) is 2. The molecule has 0 aliphatic carbocycles. The van der Waals surface area contributed by atoms with E-state index < -0.39 is 10.4 Å². The maximum Gasteiger partial charge on any atom is 0.394 e. The Balaban J connectivity index is 0. The summed E-state index contributed by atoms with van der Waals surface area (Å²) in [5, 5.41) is 0. The minimum atomic E-state index is -4.67. The lowest BCUT2D eigenvalue weighted by molar-refractivity contribution is 0.381. The van der Waals surface area contributed by atoms with E-state index in [1.165, 1.54) is 0 Å². The van der Waals surface area contributed by atoms with E-state index in [0.29, 0.717) is 0 Å². The molecule has 0 aliphatic heterocycles. The van der Waals surface area contributed by atoms with Crippen molar-refractivity contribution in [3.63, 3.8) is 0 Å². The van der Waals surface area contributed by atoms with Crippen LogP contribution in [0.5, 0.6) is 0 Å². The van der Waals surface area contributed by atoms with Crippen LogP contribution >= 0.6 is 0 Å². The van der Waals surface area contributed by atoms with E-state index in [2.05, 4.69) is 0 Å². The first-order valence-corrected chi connectivity index (χ1v) is 4.49. The summed E-state index contributed by atoms with van der Waals surface area (Å²) >= 11 is 0. The number of benzene rings is 1. The van der Waals surface area contributed by atoms with E-state index in [0.717, 1.165) is 11.4 Å². The molecule has 0 amide bonds. The highest BCUT2D eigenvalue weighted by molar-refractivity contribution is 7.79. The third-order valence-electron chi connectivity index (χ3n) is 0.936. The Labute approximate surface area is 81.9 Å². The fraction of sp³-hybridized carbons (Fsp3) is 0. The zero-order valence-corrected chi connectivity index (χ0v) is 8.11.